The van der Waals surface area contributed by atoms with E-state index >= 15 is 0 Å². The van der Waals surface area contributed by atoms with Gasteiger partial charge in [0.15, 0.2) is 0 Å². The third-order valence-electron chi connectivity index (χ3n) is 24.7. The lowest BCUT2D eigenvalue weighted by atomic mass is 9.79. The van der Waals surface area contributed by atoms with E-state index in [0.717, 1.165) is 66.7 Å². The van der Waals surface area contributed by atoms with Crippen LogP contribution >= 0.6 is 0 Å². The molecule has 0 saturated heterocycles. The number of fused-ring (bicyclic) bond motifs is 30. The van der Waals surface area contributed by atoms with Crippen molar-refractivity contribution >= 4 is 82.9 Å². The summed E-state index contributed by atoms with van der Waals surface area (Å²) in [7, 11) is 0. The minimum atomic E-state index is -0.319. The van der Waals surface area contributed by atoms with E-state index in [4.69, 9.17) is 13.3 Å². The molecule has 0 unspecified atom stereocenters. The molecule has 6 aliphatic carbocycles. The van der Waals surface area contributed by atoms with Gasteiger partial charge in [-0.3, -0.25) is 0 Å². The smallest absolute Gasteiger partial charge is 0.143 e. The van der Waals surface area contributed by atoms with Crippen molar-refractivity contribution in [2.45, 2.75) is 116 Å². The maximum absolute atomic E-state index is 6.84. The number of nitrogens with zero attached hydrogens (tertiary/aromatic N) is 1. The molecule has 0 aliphatic heterocycles. The van der Waals surface area contributed by atoms with Gasteiger partial charge in [0.1, 0.15) is 33.5 Å². The van der Waals surface area contributed by atoms with Gasteiger partial charge in [-0.15, -0.1) is 0 Å². The maximum atomic E-state index is 6.84. The largest absolute Gasteiger partial charge is 0.455 e. The lowest BCUT2D eigenvalue weighted by Crippen LogP contribution is -2.19. The summed E-state index contributed by atoms with van der Waals surface area (Å²) in [6, 6.07) is 76.7. The molecule has 0 fully saturated rings. The average Bonchev–Trinajstić information content (AvgIpc) is 1.54. The molecule has 3 aromatic heterocycles. The van der Waals surface area contributed by atoms with Crippen molar-refractivity contribution in [2.24, 2.45) is 0 Å². The van der Waals surface area contributed by atoms with E-state index in [1.807, 2.05) is 0 Å². The van der Waals surface area contributed by atoms with Gasteiger partial charge in [-0.25, -0.2) is 0 Å². The first kappa shape index (κ1) is 53.4. The van der Waals surface area contributed by atoms with Crippen molar-refractivity contribution < 1.29 is 13.3 Å². The molecular formula is C90H69NO3. The predicted molar refractivity (Wildman–Crippen MR) is 388 cm³/mol. The second kappa shape index (κ2) is 16.8. The maximum Gasteiger partial charge on any atom is 0.143 e. The van der Waals surface area contributed by atoms with Gasteiger partial charge in [0.25, 0.3) is 0 Å². The summed E-state index contributed by atoms with van der Waals surface area (Å²) in [5, 5.41) is 7.02. The highest BCUT2D eigenvalue weighted by atomic mass is 16.3. The summed E-state index contributed by atoms with van der Waals surface area (Å²) in [5.74, 6) is 0. The number of furan rings is 3. The Morgan fingerprint density at radius 3 is 0.755 bits per heavy atom. The molecule has 0 atom stereocenters. The second-order valence-corrected chi connectivity index (χ2v) is 31.5. The van der Waals surface area contributed by atoms with Crippen LogP contribution in [0.1, 0.15) is 150 Å². The lowest BCUT2D eigenvalue weighted by molar-refractivity contribution is 0.649. The van der Waals surface area contributed by atoms with Gasteiger partial charge in [-0.05, 0) is 208 Å². The number of hydrogen-bond donors (Lipinski definition) is 0. The van der Waals surface area contributed by atoms with Crippen LogP contribution < -0.4 is 4.90 Å². The summed E-state index contributed by atoms with van der Waals surface area (Å²) in [5.41, 5.74) is 39.2. The van der Waals surface area contributed by atoms with Crippen LogP contribution in [0, 0.1) is 0 Å². The topological polar surface area (TPSA) is 42.7 Å². The van der Waals surface area contributed by atoms with Gasteiger partial charge in [0.05, 0.1) is 0 Å². The molecular weight excluding hydrogens is 1140 g/mol. The minimum Gasteiger partial charge on any atom is -0.455 e. The Balaban J connectivity index is 0.731. The molecule has 0 N–H and O–H groups in total. The molecule has 12 aromatic carbocycles. The molecule has 3 heterocycles. The molecule has 0 radical (unpaired) electrons. The molecule has 452 valence electrons. The highest BCUT2D eigenvalue weighted by Crippen LogP contribution is 2.63. The standard InChI is InChI=1S/C90H69NO3/c1-85(2)64-34-31-55-52-19-13-16-22-76(52)92-82(55)79(64)61-43-70-58(40-73(61)85)49-28-25-46(37-67(49)88(70,7)8)91(47-26-29-50-59-41-74-62(44-71(59)89(9,10)68(50)38-47)80-65(86(74,3)4)35-32-56-53-20-14-17-23-77(53)93-83(56)80)48-27-30-51-60-42-75-63(45-72(60)90(11,12)69(51)39-48)81-66(87(75,5)6)36-33-57-54-21-15-18-24-78(54)94-84(57)81/h13-45H,1-12H3. The summed E-state index contributed by atoms with van der Waals surface area (Å²) >= 11 is 0. The zero-order valence-electron chi connectivity index (χ0n) is 55.2. The number of rotatable bonds is 3. The van der Waals surface area contributed by atoms with Gasteiger partial charge in [0.2, 0.25) is 0 Å². The first-order valence-electron chi connectivity index (χ1n) is 33.8. The highest BCUT2D eigenvalue weighted by Gasteiger charge is 2.48. The van der Waals surface area contributed by atoms with Crippen molar-refractivity contribution in [3.8, 4) is 66.8 Å². The first-order valence-corrected chi connectivity index (χ1v) is 33.8. The average molecular weight is 1210 g/mol. The fraction of sp³-hybridized carbons (Fsp3) is 0.200. The minimum absolute atomic E-state index is 0.220. The lowest BCUT2D eigenvalue weighted by Gasteiger charge is -2.31. The Bertz CT molecular complexity index is 5520. The van der Waals surface area contributed by atoms with Gasteiger partial charge in [0, 0.05) is 98.6 Å². The van der Waals surface area contributed by atoms with E-state index < -0.39 is 0 Å². The Morgan fingerprint density at radius 2 is 0.457 bits per heavy atom. The SMILES string of the molecule is CC1(C)c2cc(N(c3ccc4c(c3)C(C)(C)c3cc5c(cc3-4)C(C)(C)c3ccc4c(oc6ccccc64)c3-5)c3ccc4c(c3)C(C)(C)c3cc5c(cc3-4)C(C)(C)c3ccc4c(oc6ccccc64)c3-5)ccc2-c2cc3c(cc21)-c1c(ccc2c1oc1ccccc12)C3(C)C. The molecule has 0 bridgehead atoms. The van der Waals surface area contributed by atoms with E-state index in [-0.39, 0.29) is 32.5 Å². The van der Waals surface area contributed by atoms with Crippen LogP contribution in [0.4, 0.5) is 17.1 Å². The summed E-state index contributed by atoms with van der Waals surface area (Å²) < 4.78 is 20.5. The van der Waals surface area contributed by atoms with Gasteiger partial charge >= 0.3 is 0 Å². The molecule has 94 heavy (non-hydrogen) atoms. The highest BCUT2D eigenvalue weighted by molar-refractivity contribution is 6.15. The first-order chi connectivity index (χ1) is 45.1. The molecule has 21 rings (SSSR count). The number of para-hydroxylation sites is 3. The zero-order chi connectivity index (χ0) is 63.5. The number of anilines is 3. The molecule has 4 nitrogen and oxygen atoms in total. The zero-order valence-corrected chi connectivity index (χ0v) is 55.2. The second-order valence-electron chi connectivity index (χ2n) is 31.5. The van der Waals surface area contributed by atoms with Crippen LogP contribution in [0.5, 0.6) is 0 Å². The Hall–Kier alpha value is -10.2. The van der Waals surface area contributed by atoms with Crippen LogP contribution in [-0.2, 0) is 32.5 Å². The van der Waals surface area contributed by atoms with Crippen LogP contribution in [0.2, 0.25) is 0 Å². The summed E-state index contributed by atoms with van der Waals surface area (Å²) in [6.07, 6.45) is 0. The molecule has 4 heteroatoms. The predicted octanol–water partition coefficient (Wildman–Crippen LogP) is 24.7. The van der Waals surface area contributed by atoms with E-state index in [1.165, 1.54) is 150 Å². The van der Waals surface area contributed by atoms with Crippen molar-refractivity contribution in [2.75, 3.05) is 4.90 Å². The normalized spacial score (nSPS) is 17.2. The molecule has 15 aromatic rings. The van der Waals surface area contributed by atoms with E-state index in [9.17, 15) is 0 Å². The summed E-state index contributed by atoms with van der Waals surface area (Å²) in [4.78, 5) is 2.57. The number of benzene rings is 12. The Morgan fingerprint density at radius 1 is 0.213 bits per heavy atom. The van der Waals surface area contributed by atoms with Crippen LogP contribution in [0.25, 0.3) is 133 Å². The van der Waals surface area contributed by atoms with E-state index in [1.54, 1.807) is 0 Å². The molecule has 0 amide bonds. The van der Waals surface area contributed by atoms with Crippen LogP contribution in [-0.4, -0.2) is 0 Å². The van der Waals surface area contributed by atoms with Crippen molar-refractivity contribution in [3.05, 3.63) is 267 Å². The van der Waals surface area contributed by atoms with Crippen molar-refractivity contribution in [1.29, 1.82) is 0 Å². The van der Waals surface area contributed by atoms with E-state index in [0.29, 0.717) is 0 Å². The monoisotopic (exact) mass is 1210 g/mol. The summed E-state index contributed by atoms with van der Waals surface area (Å²) in [6.45, 7) is 29.0. The van der Waals surface area contributed by atoms with Crippen LogP contribution in [0.3, 0.4) is 0 Å². The Labute approximate surface area is 547 Å². The molecule has 0 spiro atoms. The Kier molecular flexibility index (Phi) is 9.53. The fourth-order valence-corrected chi connectivity index (χ4v) is 19.5. The van der Waals surface area contributed by atoms with Crippen molar-refractivity contribution in [3.63, 3.8) is 0 Å². The van der Waals surface area contributed by atoms with Gasteiger partial charge in [-0.2, -0.15) is 0 Å². The number of hydrogen-bond acceptors (Lipinski definition) is 4. The molecule has 0 saturated carbocycles. The third kappa shape index (κ3) is 6.24. The van der Waals surface area contributed by atoms with Crippen LogP contribution in [0.15, 0.2) is 213 Å². The van der Waals surface area contributed by atoms with Gasteiger partial charge < -0.3 is 18.2 Å². The fourth-order valence-electron chi connectivity index (χ4n) is 19.5. The van der Waals surface area contributed by atoms with Gasteiger partial charge in [-0.1, -0.05) is 192 Å². The van der Waals surface area contributed by atoms with E-state index in [2.05, 4.69) is 288 Å². The molecule has 6 aliphatic rings. The van der Waals surface area contributed by atoms with Crippen molar-refractivity contribution in [1.82, 2.24) is 0 Å². The quantitative estimate of drug-likeness (QED) is 0.177. The third-order valence-corrected chi connectivity index (χ3v) is 24.7.